The SMILES string of the molecule is C=CCON=CCCCC1=C(O)CC(C)(C)C(C(=O)OC)C1=O. The number of carbonyl (C=O) groups excluding carboxylic acids is 2. The minimum atomic E-state index is -0.872. The Labute approximate surface area is 136 Å². The summed E-state index contributed by atoms with van der Waals surface area (Å²) in [5.74, 6) is -1.70. The molecule has 0 saturated carbocycles. The fourth-order valence-corrected chi connectivity index (χ4v) is 2.69. The van der Waals surface area contributed by atoms with Crippen molar-refractivity contribution in [3.05, 3.63) is 24.0 Å². The van der Waals surface area contributed by atoms with E-state index in [1.54, 1.807) is 26.1 Å². The summed E-state index contributed by atoms with van der Waals surface area (Å²) in [4.78, 5) is 29.4. The van der Waals surface area contributed by atoms with Crippen LogP contribution in [0.25, 0.3) is 0 Å². The van der Waals surface area contributed by atoms with Crippen LogP contribution in [0, 0.1) is 11.3 Å². The third-order valence-electron chi connectivity index (χ3n) is 3.85. The van der Waals surface area contributed by atoms with E-state index in [1.807, 2.05) is 0 Å². The Morgan fingerprint density at radius 2 is 2.22 bits per heavy atom. The van der Waals surface area contributed by atoms with Gasteiger partial charge >= 0.3 is 5.97 Å². The summed E-state index contributed by atoms with van der Waals surface area (Å²) >= 11 is 0. The molecule has 0 saturated heterocycles. The van der Waals surface area contributed by atoms with Crippen LogP contribution in [0.15, 0.2) is 29.1 Å². The van der Waals surface area contributed by atoms with Gasteiger partial charge in [0, 0.05) is 18.2 Å². The van der Waals surface area contributed by atoms with Gasteiger partial charge in [0.1, 0.15) is 12.5 Å². The second kappa shape index (κ2) is 8.50. The van der Waals surface area contributed by atoms with Crippen molar-refractivity contribution >= 4 is 18.0 Å². The molecule has 1 unspecified atom stereocenters. The van der Waals surface area contributed by atoms with Crippen molar-refractivity contribution in [3.8, 4) is 0 Å². The molecule has 1 aliphatic rings. The van der Waals surface area contributed by atoms with Crippen molar-refractivity contribution in [1.82, 2.24) is 0 Å². The van der Waals surface area contributed by atoms with Crippen LogP contribution in [0.4, 0.5) is 0 Å². The quantitative estimate of drug-likeness (QED) is 0.185. The van der Waals surface area contributed by atoms with Crippen LogP contribution in [-0.4, -0.2) is 36.8 Å². The van der Waals surface area contributed by atoms with Crippen LogP contribution in [0.1, 0.15) is 39.5 Å². The van der Waals surface area contributed by atoms with Gasteiger partial charge in [0.15, 0.2) is 5.78 Å². The Hall–Kier alpha value is -2.11. The molecule has 0 fully saturated rings. The molecular weight excluding hydrogens is 298 g/mol. The molecule has 128 valence electrons. The Morgan fingerprint density at radius 3 is 2.83 bits per heavy atom. The highest BCUT2D eigenvalue weighted by molar-refractivity contribution is 6.09. The number of aliphatic hydroxyl groups is 1. The van der Waals surface area contributed by atoms with E-state index in [4.69, 9.17) is 9.57 Å². The number of aliphatic hydroxyl groups excluding tert-OH is 1. The topological polar surface area (TPSA) is 85.2 Å². The van der Waals surface area contributed by atoms with Crippen molar-refractivity contribution in [2.24, 2.45) is 16.5 Å². The molecule has 1 aliphatic carbocycles. The van der Waals surface area contributed by atoms with Gasteiger partial charge in [-0.25, -0.2) is 0 Å². The zero-order valence-corrected chi connectivity index (χ0v) is 14.0. The van der Waals surface area contributed by atoms with Gasteiger partial charge in [-0.15, -0.1) is 0 Å². The van der Waals surface area contributed by atoms with Crippen molar-refractivity contribution in [2.75, 3.05) is 13.7 Å². The molecule has 0 heterocycles. The average molecular weight is 323 g/mol. The molecule has 0 aromatic carbocycles. The number of nitrogens with zero attached hydrogens (tertiary/aromatic N) is 1. The number of ketones is 1. The third-order valence-corrected chi connectivity index (χ3v) is 3.85. The molecule has 0 bridgehead atoms. The Balaban J connectivity index is 2.70. The van der Waals surface area contributed by atoms with Crippen LogP contribution >= 0.6 is 0 Å². The number of oxime groups is 1. The lowest BCUT2D eigenvalue weighted by Gasteiger charge is -2.36. The minimum Gasteiger partial charge on any atom is -0.512 e. The van der Waals surface area contributed by atoms with Gasteiger partial charge < -0.3 is 14.7 Å². The lowest BCUT2D eigenvalue weighted by molar-refractivity contribution is -0.154. The lowest BCUT2D eigenvalue weighted by Crippen LogP contribution is -2.42. The Morgan fingerprint density at radius 1 is 1.52 bits per heavy atom. The molecule has 0 aliphatic heterocycles. The van der Waals surface area contributed by atoms with E-state index < -0.39 is 17.3 Å². The van der Waals surface area contributed by atoms with Gasteiger partial charge in [-0.3, -0.25) is 9.59 Å². The molecule has 0 radical (unpaired) electrons. The van der Waals surface area contributed by atoms with Gasteiger partial charge in [-0.1, -0.05) is 31.7 Å². The number of hydrogen-bond acceptors (Lipinski definition) is 6. The van der Waals surface area contributed by atoms with E-state index in [0.29, 0.717) is 31.4 Å². The van der Waals surface area contributed by atoms with Crippen LogP contribution < -0.4 is 0 Å². The smallest absolute Gasteiger partial charge is 0.317 e. The summed E-state index contributed by atoms with van der Waals surface area (Å²) in [6.07, 6.45) is 5.10. The monoisotopic (exact) mass is 323 g/mol. The minimum absolute atomic E-state index is 0.0694. The van der Waals surface area contributed by atoms with Crippen LogP contribution in [-0.2, 0) is 19.2 Å². The zero-order valence-electron chi connectivity index (χ0n) is 14.0. The first kappa shape index (κ1) is 18.9. The summed E-state index contributed by atoms with van der Waals surface area (Å²) in [5, 5.41) is 13.9. The predicted octanol–water partition coefficient (Wildman–Crippen LogP) is 2.95. The van der Waals surface area contributed by atoms with E-state index >= 15 is 0 Å². The summed E-state index contributed by atoms with van der Waals surface area (Å²) in [6.45, 7) is 7.41. The highest BCUT2D eigenvalue weighted by Crippen LogP contribution is 2.42. The molecular formula is C17H25NO5. The van der Waals surface area contributed by atoms with Crippen LogP contribution in [0.3, 0.4) is 0 Å². The molecule has 1 rings (SSSR count). The molecule has 23 heavy (non-hydrogen) atoms. The first-order chi connectivity index (χ1) is 10.8. The van der Waals surface area contributed by atoms with Crippen LogP contribution in [0.5, 0.6) is 0 Å². The van der Waals surface area contributed by atoms with Gasteiger partial charge in [0.05, 0.1) is 12.9 Å². The lowest BCUT2D eigenvalue weighted by atomic mass is 9.67. The number of carbonyl (C=O) groups is 2. The van der Waals surface area contributed by atoms with Crippen molar-refractivity contribution in [3.63, 3.8) is 0 Å². The van der Waals surface area contributed by atoms with Crippen molar-refractivity contribution in [2.45, 2.75) is 39.5 Å². The number of esters is 1. The highest BCUT2D eigenvalue weighted by Gasteiger charge is 2.47. The molecule has 1 atom stereocenters. The molecule has 0 amide bonds. The second-order valence-electron chi connectivity index (χ2n) is 6.18. The van der Waals surface area contributed by atoms with Crippen molar-refractivity contribution in [1.29, 1.82) is 0 Å². The molecule has 0 spiro atoms. The van der Waals surface area contributed by atoms with E-state index in [-0.39, 0.29) is 18.0 Å². The highest BCUT2D eigenvalue weighted by atomic mass is 16.6. The van der Waals surface area contributed by atoms with Gasteiger partial charge in [-0.2, -0.15) is 0 Å². The van der Waals surface area contributed by atoms with E-state index in [0.717, 1.165) is 0 Å². The fraction of sp³-hybridized carbons (Fsp3) is 0.588. The molecule has 6 nitrogen and oxygen atoms in total. The maximum atomic E-state index is 12.6. The standard InChI is InChI=1S/C17H25NO5/c1-5-10-23-18-9-7-6-8-12-13(19)11-17(2,3)14(15(12)20)16(21)22-4/h5,9,14,19H,1,6-8,10-11H2,2-4H3. The largest absolute Gasteiger partial charge is 0.512 e. The first-order valence-electron chi connectivity index (χ1n) is 7.63. The zero-order chi connectivity index (χ0) is 17.5. The number of Topliss-reactive ketones (excluding diaryl/α,β-unsaturated/α-hetero) is 1. The number of ether oxygens (including phenoxy) is 1. The number of methoxy groups -OCH3 is 1. The summed E-state index contributed by atoms with van der Waals surface area (Å²) < 4.78 is 4.75. The van der Waals surface area contributed by atoms with E-state index in [2.05, 4.69) is 11.7 Å². The van der Waals surface area contributed by atoms with Gasteiger partial charge in [0.2, 0.25) is 0 Å². The molecule has 6 heteroatoms. The number of rotatable bonds is 8. The normalized spacial score (nSPS) is 20.7. The Bertz CT molecular complexity index is 519. The van der Waals surface area contributed by atoms with Gasteiger partial charge in [0.25, 0.3) is 0 Å². The van der Waals surface area contributed by atoms with E-state index in [1.165, 1.54) is 7.11 Å². The number of allylic oxidation sites excluding steroid dienone is 2. The summed E-state index contributed by atoms with van der Waals surface area (Å²) in [5.41, 5.74) is -0.335. The average Bonchev–Trinajstić information content (AvgIpc) is 2.47. The maximum absolute atomic E-state index is 12.6. The first-order valence-corrected chi connectivity index (χ1v) is 7.63. The number of hydrogen-bond donors (Lipinski definition) is 1. The molecule has 0 aromatic rings. The number of unbranched alkanes of at least 4 members (excludes halogenated alkanes) is 1. The molecule has 0 aromatic heterocycles. The molecule has 1 N–H and O–H groups in total. The van der Waals surface area contributed by atoms with Crippen LogP contribution in [0.2, 0.25) is 0 Å². The van der Waals surface area contributed by atoms with Crippen molar-refractivity contribution < 1.29 is 24.3 Å². The summed E-state index contributed by atoms with van der Waals surface area (Å²) in [6, 6.07) is 0. The Kier molecular flexibility index (Phi) is 7.00. The van der Waals surface area contributed by atoms with Gasteiger partial charge in [-0.05, 0) is 24.7 Å². The second-order valence-corrected chi connectivity index (χ2v) is 6.18. The maximum Gasteiger partial charge on any atom is 0.317 e. The predicted molar refractivity (Wildman–Crippen MR) is 87.1 cm³/mol. The van der Waals surface area contributed by atoms with E-state index in [9.17, 15) is 14.7 Å². The summed E-state index contributed by atoms with van der Waals surface area (Å²) in [7, 11) is 1.27. The third kappa shape index (κ3) is 4.94. The fourth-order valence-electron chi connectivity index (χ4n) is 2.69.